The van der Waals surface area contributed by atoms with E-state index in [1.807, 2.05) is 17.9 Å². The molecule has 1 saturated heterocycles. The Bertz CT molecular complexity index is 361. The topological polar surface area (TPSA) is 48.3 Å². The molecule has 0 aromatic carbocycles. The first-order valence-electron chi connectivity index (χ1n) is 7.22. The van der Waals surface area contributed by atoms with Crippen LogP contribution in [0.4, 0.5) is 0 Å². The van der Waals surface area contributed by atoms with Crippen molar-refractivity contribution in [1.29, 1.82) is 0 Å². The van der Waals surface area contributed by atoms with Crippen molar-refractivity contribution < 1.29 is 9.47 Å². The maximum atomic E-state index is 5.54. The molecule has 1 aliphatic rings. The molecule has 1 aromatic rings. The Morgan fingerprint density at radius 1 is 1.47 bits per heavy atom. The Balaban J connectivity index is 1.78. The van der Waals surface area contributed by atoms with E-state index in [-0.39, 0.29) is 6.29 Å². The summed E-state index contributed by atoms with van der Waals surface area (Å²) in [4.78, 5) is 0. The summed E-state index contributed by atoms with van der Waals surface area (Å²) in [6.45, 7) is 4.69. The predicted molar refractivity (Wildman–Crippen MR) is 73.9 cm³/mol. The molecule has 1 N–H and O–H groups in total. The van der Waals surface area contributed by atoms with Crippen LogP contribution in [0.2, 0.25) is 0 Å². The van der Waals surface area contributed by atoms with E-state index in [2.05, 4.69) is 23.5 Å². The monoisotopic (exact) mass is 267 g/mol. The van der Waals surface area contributed by atoms with E-state index in [0.717, 1.165) is 45.4 Å². The van der Waals surface area contributed by atoms with Crippen molar-refractivity contribution in [2.45, 2.75) is 44.9 Å². The summed E-state index contributed by atoms with van der Waals surface area (Å²) in [6.07, 6.45) is 8.22. The predicted octanol–water partition coefficient (Wildman–Crippen LogP) is 1.48. The molecule has 0 spiro atoms. The minimum absolute atomic E-state index is 0.0248. The molecule has 1 fully saturated rings. The highest BCUT2D eigenvalue weighted by molar-refractivity contribution is 5.04. The molecule has 5 heteroatoms. The maximum absolute atomic E-state index is 5.54. The quantitative estimate of drug-likeness (QED) is 0.775. The Hall–Kier alpha value is -0.910. The van der Waals surface area contributed by atoms with E-state index < -0.39 is 0 Å². The Morgan fingerprint density at radius 2 is 2.26 bits per heavy atom. The Morgan fingerprint density at radius 3 is 2.89 bits per heavy atom. The van der Waals surface area contributed by atoms with Crippen molar-refractivity contribution in [3.05, 3.63) is 18.0 Å². The fourth-order valence-electron chi connectivity index (χ4n) is 2.37. The number of aromatic nitrogens is 2. The van der Waals surface area contributed by atoms with Gasteiger partial charge in [0.15, 0.2) is 6.29 Å². The van der Waals surface area contributed by atoms with Crippen LogP contribution in [0.5, 0.6) is 0 Å². The van der Waals surface area contributed by atoms with Crippen LogP contribution >= 0.6 is 0 Å². The zero-order valence-corrected chi connectivity index (χ0v) is 12.0. The third kappa shape index (κ3) is 4.93. The molecule has 0 bridgehead atoms. The first kappa shape index (κ1) is 14.5. The van der Waals surface area contributed by atoms with Crippen LogP contribution in [-0.2, 0) is 22.9 Å². The summed E-state index contributed by atoms with van der Waals surface area (Å²) in [5, 5.41) is 7.79. The van der Waals surface area contributed by atoms with Crippen molar-refractivity contribution in [1.82, 2.24) is 15.1 Å². The van der Waals surface area contributed by atoms with E-state index >= 15 is 0 Å². The lowest BCUT2D eigenvalue weighted by atomic mass is 10.0. The Kier molecular flexibility index (Phi) is 5.82. The van der Waals surface area contributed by atoms with Gasteiger partial charge in [-0.1, -0.05) is 6.92 Å². The molecular formula is C14H25N3O2. The molecule has 5 nitrogen and oxygen atoms in total. The fraction of sp³-hybridized carbons (Fsp3) is 0.786. The number of hydrogen-bond acceptors (Lipinski definition) is 4. The second-order valence-corrected chi connectivity index (χ2v) is 5.12. The largest absolute Gasteiger partial charge is 0.350 e. The number of nitrogens with one attached hydrogen (secondary N) is 1. The number of nitrogens with zero attached hydrogens (tertiary/aromatic N) is 2. The standard InChI is InChI=1S/C14H25N3O2/c1-3-6-15-13(9-14-18-7-8-19-14)5-4-12-10-16-17(2)11-12/h10-11,13-15H,3-9H2,1-2H3. The summed E-state index contributed by atoms with van der Waals surface area (Å²) in [6, 6.07) is 0.447. The van der Waals surface area contributed by atoms with Gasteiger partial charge in [0.25, 0.3) is 0 Å². The van der Waals surface area contributed by atoms with Gasteiger partial charge in [0, 0.05) is 25.7 Å². The van der Waals surface area contributed by atoms with Gasteiger partial charge in [-0.3, -0.25) is 4.68 Å². The lowest BCUT2D eigenvalue weighted by Crippen LogP contribution is -2.34. The van der Waals surface area contributed by atoms with Crippen LogP contribution in [0, 0.1) is 0 Å². The van der Waals surface area contributed by atoms with Crippen molar-refractivity contribution in [2.24, 2.45) is 7.05 Å². The zero-order valence-electron chi connectivity index (χ0n) is 12.0. The lowest BCUT2D eigenvalue weighted by Gasteiger charge is -2.21. The normalized spacial score (nSPS) is 18.0. The summed E-state index contributed by atoms with van der Waals surface area (Å²) in [5.74, 6) is 0. The first-order valence-corrected chi connectivity index (χ1v) is 7.22. The third-order valence-corrected chi connectivity index (χ3v) is 3.39. The van der Waals surface area contributed by atoms with Gasteiger partial charge in [-0.15, -0.1) is 0 Å². The van der Waals surface area contributed by atoms with Gasteiger partial charge in [-0.05, 0) is 31.4 Å². The molecule has 19 heavy (non-hydrogen) atoms. The molecule has 1 unspecified atom stereocenters. The van der Waals surface area contributed by atoms with Crippen LogP contribution in [0.1, 0.15) is 31.7 Å². The summed E-state index contributed by atoms with van der Waals surface area (Å²) in [5.41, 5.74) is 1.29. The van der Waals surface area contributed by atoms with E-state index in [1.54, 1.807) is 0 Å². The van der Waals surface area contributed by atoms with Gasteiger partial charge in [0.1, 0.15) is 0 Å². The second-order valence-electron chi connectivity index (χ2n) is 5.12. The van der Waals surface area contributed by atoms with E-state index in [9.17, 15) is 0 Å². The van der Waals surface area contributed by atoms with E-state index in [1.165, 1.54) is 5.56 Å². The van der Waals surface area contributed by atoms with Crippen LogP contribution < -0.4 is 5.32 Å². The molecule has 0 amide bonds. The summed E-state index contributed by atoms with van der Waals surface area (Å²) >= 11 is 0. The smallest absolute Gasteiger partial charge is 0.159 e. The number of aryl methyl sites for hydroxylation is 2. The van der Waals surface area contributed by atoms with Crippen molar-refractivity contribution in [3.8, 4) is 0 Å². The van der Waals surface area contributed by atoms with Crippen molar-refractivity contribution in [3.63, 3.8) is 0 Å². The molecule has 1 atom stereocenters. The van der Waals surface area contributed by atoms with Crippen LogP contribution in [0.15, 0.2) is 12.4 Å². The number of rotatable bonds is 8. The lowest BCUT2D eigenvalue weighted by molar-refractivity contribution is -0.0531. The molecule has 2 heterocycles. The van der Waals surface area contributed by atoms with Crippen molar-refractivity contribution in [2.75, 3.05) is 19.8 Å². The number of ether oxygens (including phenoxy) is 2. The van der Waals surface area contributed by atoms with Gasteiger partial charge in [-0.25, -0.2) is 0 Å². The number of hydrogen-bond donors (Lipinski definition) is 1. The molecule has 108 valence electrons. The first-order chi connectivity index (χ1) is 9.28. The van der Waals surface area contributed by atoms with Gasteiger partial charge < -0.3 is 14.8 Å². The molecule has 0 saturated carbocycles. The summed E-state index contributed by atoms with van der Waals surface area (Å²) < 4.78 is 12.9. The third-order valence-electron chi connectivity index (χ3n) is 3.39. The Labute approximate surface area is 115 Å². The summed E-state index contributed by atoms with van der Waals surface area (Å²) in [7, 11) is 1.95. The van der Waals surface area contributed by atoms with Crippen molar-refractivity contribution >= 4 is 0 Å². The average molecular weight is 267 g/mol. The van der Waals surface area contributed by atoms with Gasteiger partial charge in [0.05, 0.1) is 19.4 Å². The average Bonchev–Trinajstić information content (AvgIpc) is 3.04. The zero-order chi connectivity index (χ0) is 13.5. The second kappa shape index (κ2) is 7.62. The molecular weight excluding hydrogens is 242 g/mol. The fourth-order valence-corrected chi connectivity index (χ4v) is 2.37. The van der Waals surface area contributed by atoms with Gasteiger partial charge >= 0.3 is 0 Å². The molecule has 1 aromatic heterocycles. The van der Waals surface area contributed by atoms with Gasteiger partial charge in [0.2, 0.25) is 0 Å². The van der Waals surface area contributed by atoms with Crippen LogP contribution in [-0.4, -0.2) is 41.9 Å². The highest BCUT2D eigenvalue weighted by Gasteiger charge is 2.21. The molecule has 0 radical (unpaired) electrons. The minimum Gasteiger partial charge on any atom is -0.350 e. The van der Waals surface area contributed by atoms with E-state index in [4.69, 9.17) is 9.47 Å². The highest BCUT2D eigenvalue weighted by atomic mass is 16.7. The molecule has 1 aliphatic heterocycles. The van der Waals surface area contributed by atoms with Crippen LogP contribution in [0.25, 0.3) is 0 Å². The molecule has 2 rings (SSSR count). The van der Waals surface area contributed by atoms with Crippen LogP contribution in [0.3, 0.4) is 0 Å². The minimum atomic E-state index is -0.0248. The molecule has 0 aliphatic carbocycles. The van der Waals surface area contributed by atoms with Gasteiger partial charge in [-0.2, -0.15) is 5.10 Å². The highest BCUT2D eigenvalue weighted by Crippen LogP contribution is 2.14. The SMILES string of the molecule is CCCNC(CCc1cnn(C)c1)CC1OCCO1. The van der Waals surface area contributed by atoms with E-state index in [0.29, 0.717) is 6.04 Å². The maximum Gasteiger partial charge on any atom is 0.159 e.